The van der Waals surface area contributed by atoms with Crippen LogP contribution < -0.4 is 5.43 Å². The SMILES string of the molecule is CC(C)Cc1ccc(-c2cc(C(=O)NN=Cc3ccc(F)cc3)[nH]n2)cc1. The lowest BCUT2D eigenvalue weighted by Gasteiger charge is -2.05. The van der Waals surface area contributed by atoms with Gasteiger partial charge in [0.15, 0.2) is 0 Å². The number of amides is 1. The van der Waals surface area contributed by atoms with Crippen LogP contribution in [0.4, 0.5) is 4.39 Å². The predicted molar refractivity (Wildman–Crippen MR) is 104 cm³/mol. The number of hydrazone groups is 1. The highest BCUT2D eigenvalue weighted by Crippen LogP contribution is 2.19. The van der Waals surface area contributed by atoms with Crippen LogP contribution in [-0.4, -0.2) is 22.3 Å². The van der Waals surface area contributed by atoms with Crippen molar-refractivity contribution in [2.75, 3.05) is 0 Å². The molecule has 0 fully saturated rings. The molecule has 2 N–H and O–H groups in total. The van der Waals surface area contributed by atoms with Crippen LogP contribution >= 0.6 is 0 Å². The first-order valence-corrected chi connectivity index (χ1v) is 8.75. The minimum atomic E-state index is -0.400. The summed E-state index contributed by atoms with van der Waals surface area (Å²) in [5, 5.41) is 10.8. The molecule has 0 radical (unpaired) electrons. The molecule has 1 amide bonds. The van der Waals surface area contributed by atoms with Crippen LogP contribution in [0.3, 0.4) is 0 Å². The van der Waals surface area contributed by atoms with Crippen LogP contribution in [-0.2, 0) is 6.42 Å². The van der Waals surface area contributed by atoms with E-state index in [9.17, 15) is 9.18 Å². The molecule has 27 heavy (non-hydrogen) atoms. The number of aromatic nitrogens is 2. The highest BCUT2D eigenvalue weighted by Gasteiger charge is 2.10. The minimum absolute atomic E-state index is 0.313. The fourth-order valence-electron chi connectivity index (χ4n) is 2.64. The molecule has 0 saturated heterocycles. The smallest absolute Gasteiger partial charge is 0.272 e. The van der Waals surface area contributed by atoms with E-state index >= 15 is 0 Å². The van der Waals surface area contributed by atoms with Gasteiger partial charge in [-0.05, 0) is 41.7 Å². The van der Waals surface area contributed by atoms with Crippen molar-refractivity contribution in [3.8, 4) is 11.3 Å². The van der Waals surface area contributed by atoms with Gasteiger partial charge in [0.25, 0.3) is 5.91 Å². The largest absolute Gasteiger partial charge is 0.289 e. The highest BCUT2D eigenvalue weighted by molar-refractivity contribution is 5.94. The number of nitrogens with one attached hydrogen (secondary N) is 2. The Kier molecular flexibility index (Phi) is 5.76. The number of H-pyrrole nitrogens is 1. The number of hydrogen-bond acceptors (Lipinski definition) is 3. The van der Waals surface area contributed by atoms with E-state index in [0.29, 0.717) is 22.9 Å². The van der Waals surface area contributed by atoms with Gasteiger partial charge in [0.2, 0.25) is 0 Å². The minimum Gasteiger partial charge on any atom is -0.272 e. The van der Waals surface area contributed by atoms with Crippen LogP contribution in [0.2, 0.25) is 0 Å². The first-order valence-electron chi connectivity index (χ1n) is 8.75. The van der Waals surface area contributed by atoms with Crippen LogP contribution in [0.1, 0.15) is 35.5 Å². The number of rotatable bonds is 6. The van der Waals surface area contributed by atoms with Gasteiger partial charge in [0.1, 0.15) is 11.5 Å². The van der Waals surface area contributed by atoms with Gasteiger partial charge in [-0.3, -0.25) is 9.89 Å². The lowest BCUT2D eigenvalue weighted by Crippen LogP contribution is -2.17. The molecule has 0 atom stereocenters. The zero-order valence-electron chi connectivity index (χ0n) is 15.2. The lowest BCUT2D eigenvalue weighted by molar-refractivity contribution is 0.0950. The van der Waals surface area contributed by atoms with Crippen molar-refractivity contribution in [3.05, 3.63) is 77.2 Å². The van der Waals surface area contributed by atoms with E-state index in [0.717, 1.165) is 12.0 Å². The summed E-state index contributed by atoms with van der Waals surface area (Å²) in [6, 6.07) is 15.6. The molecule has 2 aromatic carbocycles. The summed E-state index contributed by atoms with van der Waals surface area (Å²) in [6.07, 6.45) is 2.47. The van der Waals surface area contributed by atoms with Gasteiger partial charge < -0.3 is 0 Å². The topological polar surface area (TPSA) is 70.1 Å². The summed E-state index contributed by atoms with van der Waals surface area (Å²) in [4.78, 5) is 12.2. The molecule has 1 heterocycles. The van der Waals surface area contributed by atoms with Gasteiger partial charge in [-0.15, -0.1) is 0 Å². The highest BCUT2D eigenvalue weighted by atomic mass is 19.1. The van der Waals surface area contributed by atoms with Crippen molar-refractivity contribution in [1.29, 1.82) is 0 Å². The Labute approximate surface area is 157 Å². The molecule has 0 bridgehead atoms. The zero-order valence-corrected chi connectivity index (χ0v) is 15.2. The molecule has 3 rings (SSSR count). The molecule has 1 aromatic heterocycles. The molecular formula is C21H21FN4O. The summed E-state index contributed by atoms with van der Waals surface area (Å²) >= 11 is 0. The molecule has 0 aliphatic rings. The summed E-state index contributed by atoms with van der Waals surface area (Å²) in [5.41, 5.74) is 6.33. The third-order valence-corrected chi connectivity index (χ3v) is 3.97. The Hall–Kier alpha value is -3.28. The molecule has 0 unspecified atom stereocenters. The number of aromatic amines is 1. The van der Waals surface area contributed by atoms with E-state index in [1.165, 1.54) is 23.9 Å². The monoisotopic (exact) mass is 364 g/mol. The Morgan fingerprint density at radius 3 is 2.56 bits per heavy atom. The Morgan fingerprint density at radius 2 is 1.89 bits per heavy atom. The quantitative estimate of drug-likeness (QED) is 0.509. The van der Waals surface area contributed by atoms with Gasteiger partial charge >= 0.3 is 0 Å². The van der Waals surface area contributed by atoms with Crippen LogP contribution in [0.5, 0.6) is 0 Å². The summed E-state index contributed by atoms with van der Waals surface area (Å²) in [5.74, 6) is -0.117. The van der Waals surface area contributed by atoms with Crippen LogP contribution in [0, 0.1) is 11.7 Å². The third kappa shape index (κ3) is 5.10. The first kappa shape index (κ1) is 18.5. The molecule has 138 valence electrons. The van der Waals surface area contributed by atoms with Crippen molar-refractivity contribution < 1.29 is 9.18 Å². The zero-order chi connectivity index (χ0) is 19.2. The maximum absolute atomic E-state index is 12.9. The number of carbonyl (C=O) groups excluding carboxylic acids is 1. The predicted octanol–water partition coefficient (Wildman–Crippen LogP) is 4.18. The van der Waals surface area contributed by atoms with Crippen molar-refractivity contribution in [2.45, 2.75) is 20.3 Å². The number of nitrogens with zero attached hydrogens (tertiary/aromatic N) is 2. The van der Waals surface area contributed by atoms with Crippen molar-refractivity contribution >= 4 is 12.1 Å². The lowest BCUT2D eigenvalue weighted by atomic mass is 10.0. The van der Waals surface area contributed by atoms with E-state index in [2.05, 4.69) is 46.7 Å². The summed E-state index contributed by atoms with van der Waals surface area (Å²) < 4.78 is 12.9. The van der Waals surface area contributed by atoms with E-state index in [-0.39, 0.29) is 5.82 Å². The standard InChI is InChI=1S/C21H21FN4O/c1-14(2)11-15-3-7-17(8-4-15)19-12-20(25-24-19)21(27)26-23-13-16-5-9-18(22)10-6-16/h3-10,12-14H,11H2,1-2H3,(H,24,25)(H,26,27). The van der Waals surface area contributed by atoms with Gasteiger partial charge in [-0.2, -0.15) is 10.2 Å². The molecule has 5 nitrogen and oxygen atoms in total. The van der Waals surface area contributed by atoms with E-state index < -0.39 is 5.91 Å². The van der Waals surface area contributed by atoms with Crippen molar-refractivity contribution in [1.82, 2.24) is 15.6 Å². The molecule has 0 saturated carbocycles. The molecule has 3 aromatic rings. The second-order valence-corrected chi connectivity index (χ2v) is 6.71. The van der Waals surface area contributed by atoms with Gasteiger partial charge in [-0.1, -0.05) is 50.2 Å². The Morgan fingerprint density at radius 1 is 1.19 bits per heavy atom. The van der Waals surface area contributed by atoms with E-state index in [1.807, 2.05) is 12.1 Å². The maximum atomic E-state index is 12.9. The average Bonchev–Trinajstić information content (AvgIpc) is 3.14. The molecule has 0 spiro atoms. The second-order valence-electron chi connectivity index (χ2n) is 6.71. The van der Waals surface area contributed by atoms with Crippen LogP contribution in [0.25, 0.3) is 11.3 Å². The number of benzene rings is 2. The van der Waals surface area contributed by atoms with Crippen molar-refractivity contribution in [3.63, 3.8) is 0 Å². The van der Waals surface area contributed by atoms with E-state index in [4.69, 9.17) is 0 Å². The fourth-order valence-corrected chi connectivity index (χ4v) is 2.64. The van der Waals surface area contributed by atoms with Gasteiger partial charge in [0, 0.05) is 5.56 Å². The van der Waals surface area contributed by atoms with Crippen molar-refractivity contribution in [2.24, 2.45) is 11.0 Å². The maximum Gasteiger partial charge on any atom is 0.289 e. The number of carbonyl (C=O) groups is 1. The molecule has 6 heteroatoms. The normalized spacial score (nSPS) is 11.3. The van der Waals surface area contributed by atoms with Crippen LogP contribution in [0.15, 0.2) is 59.7 Å². The fraction of sp³-hybridized carbons (Fsp3) is 0.190. The number of hydrogen-bond donors (Lipinski definition) is 2. The average molecular weight is 364 g/mol. The molecule has 0 aliphatic carbocycles. The molecule has 0 aliphatic heterocycles. The third-order valence-electron chi connectivity index (χ3n) is 3.97. The van der Waals surface area contributed by atoms with E-state index in [1.54, 1.807) is 18.2 Å². The summed E-state index contributed by atoms with van der Waals surface area (Å²) in [6.45, 7) is 4.37. The second kappa shape index (κ2) is 8.40. The number of halogens is 1. The summed E-state index contributed by atoms with van der Waals surface area (Å²) in [7, 11) is 0. The Bertz CT molecular complexity index is 928. The molecular weight excluding hydrogens is 343 g/mol. The first-order chi connectivity index (χ1) is 13.0. The Balaban J connectivity index is 1.62. The van der Waals surface area contributed by atoms with Gasteiger partial charge in [-0.25, -0.2) is 9.82 Å². The van der Waals surface area contributed by atoms with Gasteiger partial charge in [0.05, 0.1) is 11.9 Å².